The fraction of sp³-hybridized carbons (Fsp3) is 0.273. The molecule has 3 rings (SSSR count). The first-order valence-electron chi connectivity index (χ1n) is 9.52. The summed E-state index contributed by atoms with van der Waals surface area (Å²) in [4.78, 5) is 18.6. The Balaban J connectivity index is 1.45. The molecule has 1 amide bonds. The lowest BCUT2D eigenvalue weighted by atomic mass is 10.1. The van der Waals surface area contributed by atoms with Crippen molar-refractivity contribution in [2.24, 2.45) is 0 Å². The van der Waals surface area contributed by atoms with E-state index in [9.17, 15) is 4.79 Å². The Hall–Kier alpha value is -2.86. The van der Waals surface area contributed by atoms with E-state index in [0.717, 1.165) is 31.6 Å². The van der Waals surface area contributed by atoms with Crippen LogP contribution in [0.25, 0.3) is 0 Å². The lowest BCUT2D eigenvalue weighted by Crippen LogP contribution is -2.24. The third-order valence-corrected chi connectivity index (χ3v) is 5.27. The van der Waals surface area contributed by atoms with Crippen molar-refractivity contribution in [1.29, 1.82) is 0 Å². The number of anilines is 3. The maximum Gasteiger partial charge on any atom is 0.230 e. The fourth-order valence-corrected chi connectivity index (χ4v) is 3.67. The molecule has 2 aromatic carbocycles. The Morgan fingerprint density at radius 3 is 2.54 bits per heavy atom. The minimum absolute atomic E-state index is 0.0838. The molecule has 0 atom stereocenters. The van der Waals surface area contributed by atoms with Crippen molar-refractivity contribution in [3.63, 3.8) is 0 Å². The van der Waals surface area contributed by atoms with Crippen LogP contribution in [0, 0.1) is 0 Å². The number of aryl methyl sites for hydroxylation is 1. The number of hydrogen-bond donors (Lipinski definition) is 2. The molecule has 0 bridgehead atoms. The Morgan fingerprint density at radius 2 is 1.89 bits per heavy atom. The SMILES string of the molecule is CCN(CCCc1ccc(NC(=O)Cc2csc(N)n2)cc1)c1ccccc1. The number of amides is 1. The quantitative estimate of drug-likeness (QED) is 0.565. The van der Waals surface area contributed by atoms with E-state index >= 15 is 0 Å². The molecule has 28 heavy (non-hydrogen) atoms. The molecule has 146 valence electrons. The number of para-hydroxylation sites is 1. The zero-order chi connectivity index (χ0) is 19.8. The molecule has 0 spiro atoms. The Kier molecular flexibility index (Phi) is 7.03. The van der Waals surface area contributed by atoms with Gasteiger partial charge in [0, 0.05) is 29.8 Å². The van der Waals surface area contributed by atoms with E-state index in [1.165, 1.54) is 22.6 Å². The summed E-state index contributed by atoms with van der Waals surface area (Å²) in [5, 5.41) is 5.21. The van der Waals surface area contributed by atoms with Crippen LogP contribution < -0.4 is 16.0 Å². The van der Waals surface area contributed by atoms with Crippen LogP contribution in [0.4, 0.5) is 16.5 Å². The van der Waals surface area contributed by atoms with Crippen molar-refractivity contribution >= 4 is 33.8 Å². The first-order chi connectivity index (χ1) is 13.6. The zero-order valence-electron chi connectivity index (χ0n) is 16.1. The van der Waals surface area contributed by atoms with Crippen LogP contribution in [0.15, 0.2) is 60.0 Å². The van der Waals surface area contributed by atoms with Gasteiger partial charge in [0.2, 0.25) is 5.91 Å². The molecular formula is C22H26N4OS. The fourth-order valence-electron chi connectivity index (χ4n) is 3.11. The molecule has 6 heteroatoms. The highest BCUT2D eigenvalue weighted by atomic mass is 32.1. The monoisotopic (exact) mass is 394 g/mol. The van der Waals surface area contributed by atoms with Crippen molar-refractivity contribution in [3.8, 4) is 0 Å². The molecule has 1 aromatic heterocycles. The zero-order valence-corrected chi connectivity index (χ0v) is 16.9. The van der Waals surface area contributed by atoms with E-state index in [4.69, 9.17) is 5.73 Å². The predicted molar refractivity (Wildman–Crippen MR) is 118 cm³/mol. The van der Waals surface area contributed by atoms with E-state index < -0.39 is 0 Å². The van der Waals surface area contributed by atoms with Gasteiger partial charge in [0.05, 0.1) is 12.1 Å². The van der Waals surface area contributed by atoms with Crippen LogP contribution in [0.5, 0.6) is 0 Å². The number of aromatic nitrogens is 1. The molecule has 0 unspecified atom stereocenters. The van der Waals surface area contributed by atoms with Crippen LogP contribution in [0.3, 0.4) is 0 Å². The number of nitrogen functional groups attached to an aromatic ring is 1. The maximum atomic E-state index is 12.1. The number of carbonyl (C=O) groups excluding carboxylic acids is 1. The molecule has 0 radical (unpaired) electrons. The summed E-state index contributed by atoms with van der Waals surface area (Å²) >= 11 is 1.35. The lowest BCUT2D eigenvalue weighted by molar-refractivity contribution is -0.115. The molecule has 5 nitrogen and oxygen atoms in total. The van der Waals surface area contributed by atoms with E-state index in [2.05, 4.69) is 58.5 Å². The van der Waals surface area contributed by atoms with Gasteiger partial charge >= 0.3 is 0 Å². The summed E-state index contributed by atoms with van der Waals surface area (Å²) in [6, 6.07) is 18.6. The highest BCUT2D eigenvalue weighted by Gasteiger charge is 2.08. The van der Waals surface area contributed by atoms with Gasteiger partial charge in [-0.2, -0.15) is 0 Å². The summed E-state index contributed by atoms with van der Waals surface area (Å²) in [6.45, 7) is 4.21. The number of nitrogens with two attached hydrogens (primary N) is 1. The Bertz CT molecular complexity index is 877. The van der Waals surface area contributed by atoms with Gasteiger partial charge in [-0.1, -0.05) is 30.3 Å². The molecule has 0 fully saturated rings. The van der Waals surface area contributed by atoms with E-state index in [1.807, 2.05) is 23.6 Å². The number of nitrogens with zero attached hydrogens (tertiary/aromatic N) is 2. The standard InChI is InChI=1S/C22H26N4OS/c1-2-26(20-8-4-3-5-9-20)14-6-7-17-10-12-18(13-11-17)24-21(27)15-19-16-28-22(23)25-19/h3-5,8-13,16H,2,6-7,14-15H2,1H3,(H2,23,25)(H,24,27). The third kappa shape index (κ3) is 5.82. The summed E-state index contributed by atoms with van der Waals surface area (Å²) in [6.07, 6.45) is 2.33. The molecule has 0 saturated heterocycles. The van der Waals surface area contributed by atoms with Gasteiger partial charge in [-0.15, -0.1) is 11.3 Å². The Labute approximate surface area is 170 Å². The number of benzene rings is 2. The summed E-state index contributed by atoms with van der Waals surface area (Å²) < 4.78 is 0. The topological polar surface area (TPSA) is 71.2 Å². The van der Waals surface area contributed by atoms with E-state index in [0.29, 0.717) is 10.8 Å². The predicted octanol–water partition coefficient (Wildman–Crippen LogP) is 4.37. The van der Waals surface area contributed by atoms with Crippen LogP contribution in [0.2, 0.25) is 0 Å². The Morgan fingerprint density at radius 1 is 1.14 bits per heavy atom. The maximum absolute atomic E-state index is 12.1. The second kappa shape index (κ2) is 9.90. The highest BCUT2D eigenvalue weighted by Crippen LogP contribution is 2.16. The van der Waals surface area contributed by atoms with Crippen molar-refractivity contribution < 1.29 is 4.79 Å². The van der Waals surface area contributed by atoms with Crippen molar-refractivity contribution in [2.45, 2.75) is 26.2 Å². The highest BCUT2D eigenvalue weighted by molar-refractivity contribution is 7.13. The van der Waals surface area contributed by atoms with E-state index in [-0.39, 0.29) is 12.3 Å². The number of nitrogens with one attached hydrogen (secondary N) is 1. The molecule has 0 aliphatic heterocycles. The normalized spacial score (nSPS) is 10.6. The molecule has 3 N–H and O–H groups in total. The third-order valence-electron chi connectivity index (χ3n) is 4.55. The van der Waals surface area contributed by atoms with Gasteiger partial charge < -0.3 is 16.0 Å². The second-order valence-corrected chi connectivity index (χ2v) is 7.51. The van der Waals surface area contributed by atoms with Crippen LogP contribution in [-0.2, 0) is 17.6 Å². The van der Waals surface area contributed by atoms with Gasteiger partial charge in [0.1, 0.15) is 0 Å². The smallest absolute Gasteiger partial charge is 0.230 e. The average molecular weight is 395 g/mol. The first-order valence-corrected chi connectivity index (χ1v) is 10.4. The van der Waals surface area contributed by atoms with Gasteiger partial charge in [0.25, 0.3) is 0 Å². The number of rotatable bonds is 9. The minimum atomic E-state index is -0.0838. The largest absolute Gasteiger partial charge is 0.375 e. The molecule has 0 aliphatic carbocycles. The summed E-state index contributed by atoms with van der Waals surface area (Å²) in [5.41, 5.74) is 9.64. The van der Waals surface area contributed by atoms with E-state index in [1.54, 1.807) is 0 Å². The summed E-state index contributed by atoms with van der Waals surface area (Å²) in [7, 11) is 0. The van der Waals surface area contributed by atoms with Gasteiger partial charge in [-0.05, 0) is 49.6 Å². The van der Waals surface area contributed by atoms with Crippen molar-refractivity contribution in [2.75, 3.05) is 29.0 Å². The van der Waals surface area contributed by atoms with Crippen LogP contribution in [-0.4, -0.2) is 24.0 Å². The molecule has 1 heterocycles. The van der Waals surface area contributed by atoms with Crippen molar-refractivity contribution in [1.82, 2.24) is 4.98 Å². The number of thiazole rings is 1. The van der Waals surface area contributed by atoms with Crippen LogP contribution >= 0.6 is 11.3 Å². The van der Waals surface area contributed by atoms with Gasteiger partial charge in [-0.25, -0.2) is 4.98 Å². The lowest BCUT2D eigenvalue weighted by Gasteiger charge is -2.23. The number of hydrogen-bond acceptors (Lipinski definition) is 5. The number of carbonyl (C=O) groups is 1. The molecule has 0 aliphatic rings. The van der Waals surface area contributed by atoms with Gasteiger partial charge in [-0.3, -0.25) is 4.79 Å². The average Bonchev–Trinajstić information content (AvgIpc) is 3.11. The van der Waals surface area contributed by atoms with Crippen molar-refractivity contribution in [3.05, 3.63) is 71.2 Å². The molecule has 3 aromatic rings. The second-order valence-electron chi connectivity index (χ2n) is 6.62. The van der Waals surface area contributed by atoms with Gasteiger partial charge in [0.15, 0.2) is 5.13 Å². The first kappa shape index (κ1) is 19.9. The van der Waals surface area contributed by atoms with Crippen LogP contribution in [0.1, 0.15) is 24.6 Å². The summed E-state index contributed by atoms with van der Waals surface area (Å²) in [5.74, 6) is -0.0838. The minimum Gasteiger partial charge on any atom is -0.375 e. The molecular weight excluding hydrogens is 368 g/mol. The molecule has 0 saturated carbocycles.